The molecule has 0 spiro atoms. The number of aromatic nitrogens is 3. The van der Waals surface area contributed by atoms with E-state index in [0.717, 1.165) is 34.2 Å². The van der Waals surface area contributed by atoms with Crippen molar-refractivity contribution in [3.05, 3.63) is 81.6 Å². The lowest BCUT2D eigenvalue weighted by atomic mass is 9.94. The zero-order chi connectivity index (χ0) is 36.7. The molecule has 0 unspecified atom stereocenters. The number of fused-ring (bicyclic) bond motifs is 1. The van der Waals surface area contributed by atoms with Gasteiger partial charge in [-0.3, -0.25) is 4.79 Å². The average molecular weight is 729 g/mol. The molecule has 15 heteroatoms. The van der Waals surface area contributed by atoms with Crippen LogP contribution in [-0.2, 0) is 30.5 Å². The Bertz CT molecular complexity index is 1860. The van der Waals surface area contributed by atoms with Gasteiger partial charge >= 0.3 is 12.1 Å². The molecule has 51 heavy (non-hydrogen) atoms. The quantitative estimate of drug-likeness (QED) is 0.0888. The van der Waals surface area contributed by atoms with Crippen LogP contribution in [0.15, 0.2) is 48.5 Å². The van der Waals surface area contributed by atoms with Gasteiger partial charge in [0.15, 0.2) is 11.5 Å². The van der Waals surface area contributed by atoms with Crippen LogP contribution in [0.1, 0.15) is 53.9 Å². The second kappa shape index (κ2) is 16.7. The highest BCUT2D eigenvalue weighted by Gasteiger charge is 2.39. The molecule has 0 saturated carbocycles. The number of halogens is 4. The standard InChI is InChI=1S/C36H40ClF3N6O5/c1-4-20(19-47)15-41-16-21-11-13-28(45-34(21)50-2)26-10-6-9-25(31(26)37)22-7-5-8-24-23(22)12-14-27(24)44-33-32(36(38,39)40)43-29(35(46-33)51-3)17-42-18-30(48)49/h5-11,13,20,27,41-42,47H,4,12,14-19H2,1-3H3,(H,44,46)(H,48,49)/t20-,27-/m0/s1. The van der Waals surface area contributed by atoms with Gasteiger partial charge in [0.25, 0.3) is 0 Å². The molecule has 0 fully saturated rings. The highest BCUT2D eigenvalue weighted by molar-refractivity contribution is 6.36. The molecule has 0 amide bonds. The molecule has 2 aromatic carbocycles. The summed E-state index contributed by atoms with van der Waals surface area (Å²) in [6.07, 6.45) is -2.93. The normalized spacial score (nSPS) is 14.6. The smallest absolute Gasteiger partial charge is 0.437 e. The number of aliphatic carboxylic acids is 1. The molecular weight excluding hydrogens is 689 g/mol. The first-order valence-electron chi connectivity index (χ1n) is 16.5. The number of nitrogens with zero attached hydrogens (tertiary/aromatic N) is 3. The van der Waals surface area contributed by atoms with Crippen LogP contribution in [0.5, 0.6) is 11.8 Å². The van der Waals surface area contributed by atoms with Gasteiger partial charge in [0.05, 0.1) is 37.5 Å². The van der Waals surface area contributed by atoms with Crippen LogP contribution in [0.4, 0.5) is 19.0 Å². The van der Waals surface area contributed by atoms with Crippen LogP contribution in [0.3, 0.4) is 0 Å². The van der Waals surface area contributed by atoms with E-state index in [4.69, 9.17) is 31.2 Å². The van der Waals surface area contributed by atoms with Crippen molar-refractivity contribution in [1.29, 1.82) is 0 Å². The Balaban J connectivity index is 1.42. The lowest BCUT2D eigenvalue weighted by molar-refractivity contribution is -0.141. The van der Waals surface area contributed by atoms with E-state index in [0.29, 0.717) is 48.1 Å². The third-order valence-electron chi connectivity index (χ3n) is 8.82. The van der Waals surface area contributed by atoms with E-state index in [1.165, 1.54) is 7.11 Å². The summed E-state index contributed by atoms with van der Waals surface area (Å²) in [5.41, 5.74) is 4.13. The number of anilines is 1. The minimum Gasteiger partial charge on any atom is -0.481 e. The van der Waals surface area contributed by atoms with Crippen molar-refractivity contribution < 1.29 is 37.7 Å². The molecular formula is C36H40ClF3N6O5. The third-order valence-corrected chi connectivity index (χ3v) is 9.23. The number of aliphatic hydroxyl groups is 1. The van der Waals surface area contributed by atoms with E-state index < -0.39 is 36.2 Å². The molecule has 5 rings (SSSR count). The molecule has 5 N–H and O–H groups in total. The van der Waals surface area contributed by atoms with Crippen molar-refractivity contribution in [2.45, 2.75) is 51.5 Å². The number of hydrogen-bond acceptors (Lipinski definition) is 10. The molecule has 2 aromatic heterocycles. The Labute approximate surface area is 298 Å². The number of nitrogens with one attached hydrogen (secondary N) is 3. The summed E-state index contributed by atoms with van der Waals surface area (Å²) in [6, 6.07) is 14.6. The van der Waals surface area contributed by atoms with E-state index in [1.807, 2.05) is 55.5 Å². The lowest BCUT2D eigenvalue weighted by Crippen LogP contribution is -2.25. The molecule has 272 valence electrons. The van der Waals surface area contributed by atoms with Gasteiger partial charge in [-0.05, 0) is 47.9 Å². The molecule has 1 aliphatic rings. The highest BCUT2D eigenvalue weighted by Crippen LogP contribution is 2.44. The van der Waals surface area contributed by atoms with Gasteiger partial charge in [0.2, 0.25) is 11.8 Å². The molecule has 4 aromatic rings. The first-order chi connectivity index (χ1) is 24.5. The lowest BCUT2D eigenvalue weighted by Gasteiger charge is -2.20. The summed E-state index contributed by atoms with van der Waals surface area (Å²) >= 11 is 7.08. The van der Waals surface area contributed by atoms with Crippen molar-refractivity contribution in [2.75, 3.05) is 39.2 Å². The maximum atomic E-state index is 14.2. The van der Waals surface area contributed by atoms with Gasteiger partial charge in [-0.2, -0.15) is 18.2 Å². The fourth-order valence-corrected chi connectivity index (χ4v) is 6.48. The molecule has 0 saturated heterocycles. The number of carboxylic acid groups (broad SMARTS) is 1. The fourth-order valence-electron chi connectivity index (χ4n) is 6.16. The molecule has 1 aliphatic carbocycles. The molecule has 0 bridgehead atoms. The summed E-state index contributed by atoms with van der Waals surface area (Å²) in [4.78, 5) is 23.6. The Morgan fingerprint density at radius 1 is 0.980 bits per heavy atom. The van der Waals surface area contributed by atoms with E-state index in [9.17, 15) is 23.1 Å². The molecule has 0 radical (unpaired) electrons. The predicted molar refractivity (Wildman–Crippen MR) is 187 cm³/mol. The number of pyridine rings is 1. The summed E-state index contributed by atoms with van der Waals surface area (Å²) in [5.74, 6) is -1.19. The molecule has 2 atom stereocenters. The van der Waals surface area contributed by atoms with Crippen LogP contribution in [-0.4, -0.2) is 65.1 Å². The molecule has 2 heterocycles. The van der Waals surface area contributed by atoms with Gasteiger partial charge < -0.3 is 35.6 Å². The second-order valence-corrected chi connectivity index (χ2v) is 12.5. The van der Waals surface area contributed by atoms with Crippen molar-refractivity contribution in [2.24, 2.45) is 5.92 Å². The van der Waals surface area contributed by atoms with Gasteiger partial charge in [-0.1, -0.05) is 61.0 Å². The Morgan fingerprint density at radius 3 is 2.39 bits per heavy atom. The van der Waals surface area contributed by atoms with Gasteiger partial charge in [-0.15, -0.1) is 0 Å². The first kappa shape index (κ1) is 37.7. The van der Waals surface area contributed by atoms with Crippen LogP contribution in [0.2, 0.25) is 5.02 Å². The number of carboxylic acids is 1. The van der Waals surface area contributed by atoms with Crippen molar-refractivity contribution >= 4 is 23.4 Å². The van der Waals surface area contributed by atoms with Gasteiger partial charge in [-0.25, -0.2) is 9.97 Å². The largest absolute Gasteiger partial charge is 0.481 e. The third kappa shape index (κ3) is 8.70. The summed E-state index contributed by atoms with van der Waals surface area (Å²) < 4.78 is 53.5. The van der Waals surface area contributed by atoms with Gasteiger partial charge in [0.1, 0.15) is 5.69 Å². The zero-order valence-corrected chi connectivity index (χ0v) is 29.2. The fraction of sp³-hybridized carbons (Fsp3) is 0.389. The monoisotopic (exact) mass is 728 g/mol. The zero-order valence-electron chi connectivity index (χ0n) is 28.4. The van der Waals surface area contributed by atoms with Crippen LogP contribution >= 0.6 is 11.6 Å². The van der Waals surface area contributed by atoms with E-state index in [2.05, 4.69) is 25.9 Å². The number of rotatable bonds is 16. The van der Waals surface area contributed by atoms with Crippen LogP contribution in [0, 0.1) is 5.92 Å². The van der Waals surface area contributed by atoms with Crippen LogP contribution in [0.25, 0.3) is 22.4 Å². The Kier molecular flexibility index (Phi) is 12.3. The first-order valence-corrected chi connectivity index (χ1v) is 16.8. The Morgan fingerprint density at radius 2 is 1.71 bits per heavy atom. The number of ether oxygens (including phenoxy) is 2. The SMILES string of the molecule is CC[C@H](CO)CNCc1ccc(-c2cccc(-c3cccc4c3CC[C@@H]4Nc3nc(OC)c(CNCC(=O)O)nc3C(F)(F)F)c2Cl)nc1OC. The van der Waals surface area contributed by atoms with E-state index >= 15 is 0 Å². The number of methoxy groups -OCH3 is 2. The number of aliphatic hydroxyl groups excluding tert-OH is 1. The highest BCUT2D eigenvalue weighted by atomic mass is 35.5. The number of benzene rings is 2. The van der Waals surface area contributed by atoms with E-state index in [-0.39, 0.29) is 30.6 Å². The second-order valence-electron chi connectivity index (χ2n) is 12.1. The molecule has 11 nitrogen and oxygen atoms in total. The van der Waals surface area contributed by atoms with Crippen molar-refractivity contribution in [1.82, 2.24) is 25.6 Å². The minimum atomic E-state index is -4.84. The van der Waals surface area contributed by atoms with Gasteiger partial charge in [0, 0.05) is 42.9 Å². The predicted octanol–water partition coefficient (Wildman–Crippen LogP) is 6.28. The summed E-state index contributed by atoms with van der Waals surface area (Å²) in [5, 5.41) is 27.7. The Hall–Kier alpha value is -4.50. The maximum absolute atomic E-state index is 14.2. The maximum Gasteiger partial charge on any atom is 0.437 e. The summed E-state index contributed by atoms with van der Waals surface area (Å²) in [7, 11) is 2.82. The van der Waals surface area contributed by atoms with Crippen LogP contribution < -0.4 is 25.4 Å². The van der Waals surface area contributed by atoms with Crippen molar-refractivity contribution in [3.8, 4) is 34.1 Å². The topological polar surface area (TPSA) is 151 Å². The number of carbonyl (C=O) groups is 1. The minimum absolute atomic E-state index is 0.113. The van der Waals surface area contributed by atoms with E-state index in [1.54, 1.807) is 7.11 Å². The van der Waals surface area contributed by atoms with Crippen molar-refractivity contribution in [3.63, 3.8) is 0 Å². The molecule has 0 aliphatic heterocycles. The average Bonchev–Trinajstić information content (AvgIpc) is 3.52. The number of alkyl halides is 3. The summed E-state index contributed by atoms with van der Waals surface area (Å²) in [6.45, 7) is 2.57. The number of hydrogen-bond donors (Lipinski definition) is 5.